The maximum atomic E-state index is 11.6. The Kier molecular flexibility index (Phi) is 4.06. The Hall–Kier alpha value is -1.61. The average Bonchev–Trinajstić information content (AvgIpc) is 2.18. The van der Waals surface area contributed by atoms with Crippen LogP contribution in [-0.4, -0.2) is 37.0 Å². The van der Waals surface area contributed by atoms with E-state index >= 15 is 0 Å². The van der Waals surface area contributed by atoms with Gasteiger partial charge in [0.1, 0.15) is 6.04 Å². The molecule has 0 radical (unpaired) electrons. The standard InChI is InChI=1S/C9H14N4O2/c1-6(2-3-10)13-9(15)7-4-12-8(14)5-11-7/h6-7,11H,2,4-5H2,1H3,(H,12,14)(H,13,15). The van der Waals surface area contributed by atoms with Gasteiger partial charge in [0, 0.05) is 12.6 Å². The van der Waals surface area contributed by atoms with E-state index in [-0.39, 0.29) is 30.8 Å². The fraction of sp³-hybridized carbons (Fsp3) is 0.667. The second-order valence-corrected chi connectivity index (χ2v) is 3.51. The van der Waals surface area contributed by atoms with Crippen LogP contribution in [0, 0.1) is 11.3 Å². The first kappa shape index (κ1) is 11.5. The maximum Gasteiger partial charge on any atom is 0.239 e. The number of piperazine rings is 1. The highest BCUT2D eigenvalue weighted by Crippen LogP contribution is 1.93. The molecule has 6 nitrogen and oxygen atoms in total. The van der Waals surface area contributed by atoms with Crippen molar-refractivity contribution in [3.05, 3.63) is 0 Å². The first-order valence-corrected chi connectivity index (χ1v) is 4.81. The number of rotatable bonds is 3. The summed E-state index contributed by atoms with van der Waals surface area (Å²) in [6, 6.07) is 1.41. The lowest BCUT2D eigenvalue weighted by molar-refractivity contribution is -0.126. The van der Waals surface area contributed by atoms with Crippen LogP contribution in [0.5, 0.6) is 0 Å². The molecule has 0 saturated carbocycles. The molecule has 0 spiro atoms. The van der Waals surface area contributed by atoms with Crippen LogP contribution >= 0.6 is 0 Å². The Morgan fingerprint density at radius 2 is 2.53 bits per heavy atom. The summed E-state index contributed by atoms with van der Waals surface area (Å²) in [5.41, 5.74) is 0. The third-order valence-corrected chi connectivity index (χ3v) is 2.11. The largest absolute Gasteiger partial charge is 0.353 e. The number of nitriles is 1. The van der Waals surface area contributed by atoms with E-state index in [4.69, 9.17) is 5.26 Å². The quantitative estimate of drug-likeness (QED) is 0.528. The number of hydrogen-bond donors (Lipinski definition) is 3. The number of hydrogen-bond acceptors (Lipinski definition) is 4. The summed E-state index contributed by atoms with van der Waals surface area (Å²) >= 11 is 0. The predicted octanol–water partition coefficient (Wildman–Crippen LogP) is -1.51. The van der Waals surface area contributed by atoms with Gasteiger partial charge in [-0.25, -0.2) is 0 Å². The van der Waals surface area contributed by atoms with Crippen LogP contribution in [0.3, 0.4) is 0 Å². The number of carbonyl (C=O) groups excluding carboxylic acids is 2. The Morgan fingerprint density at radius 3 is 3.07 bits per heavy atom. The van der Waals surface area contributed by atoms with Crippen molar-refractivity contribution in [2.75, 3.05) is 13.1 Å². The van der Waals surface area contributed by atoms with E-state index in [2.05, 4.69) is 16.0 Å². The molecule has 1 saturated heterocycles. The van der Waals surface area contributed by atoms with Gasteiger partial charge in [-0.3, -0.25) is 14.9 Å². The summed E-state index contributed by atoms with van der Waals surface area (Å²) in [6.07, 6.45) is 0.283. The molecule has 1 heterocycles. The van der Waals surface area contributed by atoms with Gasteiger partial charge in [-0.05, 0) is 6.92 Å². The van der Waals surface area contributed by atoms with Crippen molar-refractivity contribution in [1.82, 2.24) is 16.0 Å². The van der Waals surface area contributed by atoms with Gasteiger partial charge < -0.3 is 10.6 Å². The third kappa shape index (κ3) is 3.56. The van der Waals surface area contributed by atoms with Crippen LogP contribution in [0.4, 0.5) is 0 Å². The van der Waals surface area contributed by atoms with Crippen LogP contribution in [0.25, 0.3) is 0 Å². The van der Waals surface area contributed by atoms with Crippen LogP contribution in [-0.2, 0) is 9.59 Å². The van der Waals surface area contributed by atoms with Gasteiger partial charge >= 0.3 is 0 Å². The van der Waals surface area contributed by atoms with Gasteiger partial charge in [0.25, 0.3) is 0 Å². The number of nitrogens with one attached hydrogen (secondary N) is 3. The third-order valence-electron chi connectivity index (χ3n) is 2.11. The molecule has 15 heavy (non-hydrogen) atoms. The SMILES string of the molecule is CC(CC#N)NC(=O)C1CNC(=O)CN1. The highest BCUT2D eigenvalue weighted by atomic mass is 16.2. The summed E-state index contributed by atoms with van der Waals surface area (Å²) in [4.78, 5) is 22.4. The van der Waals surface area contributed by atoms with E-state index in [1.807, 2.05) is 6.07 Å². The van der Waals surface area contributed by atoms with Crippen LogP contribution < -0.4 is 16.0 Å². The molecule has 0 aliphatic carbocycles. The van der Waals surface area contributed by atoms with Gasteiger partial charge in [0.15, 0.2) is 0 Å². The molecule has 2 amide bonds. The normalized spacial score (nSPS) is 22.4. The molecule has 6 heteroatoms. The summed E-state index contributed by atoms with van der Waals surface area (Å²) in [7, 11) is 0. The Morgan fingerprint density at radius 1 is 1.80 bits per heavy atom. The van der Waals surface area contributed by atoms with Crippen molar-refractivity contribution < 1.29 is 9.59 Å². The molecule has 3 N–H and O–H groups in total. The van der Waals surface area contributed by atoms with Crippen molar-refractivity contribution >= 4 is 11.8 Å². The van der Waals surface area contributed by atoms with Crippen molar-refractivity contribution in [3.63, 3.8) is 0 Å². The highest BCUT2D eigenvalue weighted by molar-refractivity contribution is 5.86. The molecule has 0 aromatic carbocycles. The molecule has 82 valence electrons. The highest BCUT2D eigenvalue weighted by Gasteiger charge is 2.24. The zero-order valence-electron chi connectivity index (χ0n) is 8.54. The van der Waals surface area contributed by atoms with Crippen molar-refractivity contribution in [1.29, 1.82) is 5.26 Å². The number of amides is 2. The summed E-state index contributed by atoms with van der Waals surface area (Å²) in [6.45, 7) is 2.22. The lowest BCUT2D eigenvalue weighted by Crippen LogP contribution is -2.58. The average molecular weight is 210 g/mol. The second kappa shape index (κ2) is 5.32. The molecule has 1 aliphatic rings. The van der Waals surface area contributed by atoms with Crippen LogP contribution in [0.2, 0.25) is 0 Å². The molecule has 1 rings (SSSR count). The van der Waals surface area contributed by atoms with Gasteiger partial charge in [-0.1, -0.05) is 0 Å². The minimum atomic E-state index is -0.399. The summed E-state index contributed by atoms with van der Waals surface area (Å²) in [5.74, 6) is -0.290. The van der Waals surface area contributed by atoms with Gasteiger partial charge in [-0.2, -0.15) is 5.26 Å². The van der Waals surface area contributed by atoms with Crippen molar-refractivity contribution in [2.24, 2.45) is 0 Å². The molecular formula is C9H14N4O2. The fourth-order valence-electron chi connectivity index (χ4n) is 1.28. The molecule has 0 aromatic rings. The van der Waals surface area contributed by atoms with E-state index < -0.39 is 6.04 Å². The monoisotopic (exact) mass is 210 g/mol. The fourth-order valence-corrected chi connectivity index (χ4v) is 1.28. The van der Waals surface area contributed by atoms with E-state index in [0.717, 1.165) is 0 Å². The van der Waals surface area contributed by atoms with Crippen molar-refractivity contribution in [3.8, 4) is 6.07 Å². The molecule has 2 unspecified atom stereocenters. The van der Waals surface area contributed by atoms with E-state index in [9.17, 15) is 9.59 Å². The molecule has 2 atom stereocenters. The second-order valence-electron chi connectivity index (χ2n) is 3.51. The molecule has 1 fully saturated rings. The molecule has 1 aliphatic heterocycles. The maximum absolute atomic E-state index is 11.6. The van der Waals surface area contributed by atoms with Crippen LogP contribution in [0.1, 0.15) is 13.3 Å². The minimum Gasteiger partial charge on any atom is -0.353 e. The lowest BCUT2D eigenvalue weighted by atomic mass is 10.2. The number of nitrogens with zero attached hydrogens (tertiary/aromatic N) is 1. The van der Waals surface area contributed by atoms with Gasteiger partial charge in [0.05, 0.1) is 19.0 Å². The Bertz CT molecular complexity index is 287. The Labute approximate surface area is 88.0 Å². The minimum absolute atomic E-state index is 0.107. The zero-order chi connectivity index (χ0) is 11.3. The topological polar surface area (TPSA) is 94.0 Å². The first-order valence-electron chi connectivity index (χ1n) is 4.81. The van der Waals surface area contributed by atoms with Gasteiger partial charge in [-0.15, -0.1) is 0 Å². The molecule has 0 bridgehead atoms. The van der Waals surface area contributed by atoms with Gasteiger partial charge in [0.2, 0.25) is 11.8 Å². The lowest BCUT2D eigenvalue weighted by Gasteiger charge is -2.24. The summed E-state index contributed by atoms with van der Waals surface area (Å²) in [5, 5.41) is 16.5. The van der Waals surface area contributed by atoms with E-state index in [1.165, 1.54) is 0 Å². The van der Waals surface area contributed by atoms with Crippen LogP contribution in [0.15, 0.2) is 0 Å². The number of carbonyl (C=O) groups is 2. The predicted molar refractivity (Wildman–Crippen MR) is 52.6 cm³/mol. The Balaban J connectivity index is 2.34. The smallest absolute Gasteiger partial charge is 0.239 e. The summed E-state index contributed by atoms with van der Waals surface area (Å²) < 4.78 is 0. The van der Waals surface area contributed by atoms with Crippen molar-refractivity contribution in [2.45, 2.75) is 25.4 Å². The zero-order valence-corrected chi connectivity index (χ0v) is 8.54. The van der Waals surface area contributed by atoms with E-state index in [0.29, 0.717) is 6.54 Å². The molecular weight excluding hydrogens is 196 g/mol. The van der Waals surface area contributed by atoms with E-state index in [1.54, 1.807) is 6.92 Å². The first-order chi connectivity index (χ1) is 7.13. The molecule has 0 aromatic heterocycles.